The van der Waals surface area contributed by atoms with Crippen molar-refractivity contribution in [1.82, 2.24) is 0 Å². The number of esters is 1. The molecule has 0 heterocycles. The minimum atomic E-state index is -3.71. The second-order valence-electron chi connectivity index (χ2n) is 11.3. The van der Waals surface area contributed by atoms with Gasteiger partial charge in [0.2, 0.25) is 9.84 Å². The zero-order valence-corrected chi connectivity index (χ0v) is 23.5. The highest BCUT2D eigenvalue weighted by molar-refractivity contribution is 7.95. The fourth-order valence-corrected chi connectivity index (χ4v) is 7.97. The lowest BCUT2D eigenvalue weighted by atomic mass is 9.80. The first kappa shape index (κ1) is 29.6. The molecule has 206 valence electrons. The number of carbonyl (C=O) groups is 1. The van der Waals surface area contributed by atoms with Gasteiger partial charge in [0, 0.05) is 18.3 Å². The van der Waals surface area contributed by atoms with Crippen molar-refractivity contribution in [2.75, 3.05) is 7.11 Å². The maximum Gasteiger partial charge on any atom is 0.305 e. The number of allylic oxidation sites excluding steroid dienone is 2. The molecule has 0 aromatic heterocycles. The van der Waals surface area contributed by atoms with Crippen LogP contribution in [0, 0.1) is 23.2 Å². The summed E-state index contributed by atoms with van der Waals surface area (Å²) in [7, 11) is -2.34. The zero-order valence-electron chi connectivity index (χ0n) is 22.7. The van der Waals surface area contributed by atoms with Gasteiger partial charge in [-0.2, -0.15) is 0 Å². The van der Waals surface area contributed by atoms with Crippen LogP contribution in [0.4, 0.5) is 0 Å². The Kier molecular flexibility index (Phi) is 10.2. The number of aliphatic hydroxyl groups excluding tert-OH is 2. The Morgan fingerprint density at radius 2 is 1.89 bits per heavy atom. The number of benzene rings is 1. The number of hydrogen-bond donors (Lipinski definition) is 2. The third-order valence-corrected chi connectivity index (χ3v) is 10.4. The van der Waals surface area contributed by atoms with E-state index in [0.717, 1.165) is 24.8 Å². The molecule has 1 saturated carbocycles. The first-order chi connectivity index (χ1) is 17.5. The van der Waals surface area contributed by atoms with Crippen LogP contribution in [-0.2, 0) is 19.4 Å². The Balaban J connectivity index is 1.85. The maximum absolute atomic E-state index is 13.8. The highest BCUT2D eigenvalue weighted by Gasteiger charge is 2.51. The summed E-state index contributed by atoms with van der Waals surface area (Å²) >= 11 is 0. The lowest BCUT2D eigenvalue weighted by Crippen LogP contribution is -2.28. The summed E-state index contributed by atoms with van der Waals surface area (Å²) < 4.78 is 32.4. The van der Waals surface area contributed by atoms with Crippen molar-refractivity contribution in [3.05, 3.63) is 53.0 Å². The molecule has 1 fully saturated rings. The Labute approximate surface area is 222 Å². The van der Waals surface area contributed by atoms with Crippen molar-refractivity contribution in [1.29, 1.82) is 0 Å². The van der Waals surface area contributed by atoms with Crippen LogP contribution < -0.4 is 0 Å². The molecular formula is C30H44O6S. The van der Waals surface area contributed by atoms with Gasteiger partial charge in [0.15, 0.2) is 0 Å². The first-order valence-electron chi connectivity index (χ1n) is 13.7. The van der Waals surface area contributed by atoms with Gasteiger partial charge in [-0.25, -0.2) is 8.42 Å². The monoisotopic (exact) mass is 532 g/mol. The Morgan fingerprint density at radius 1 is 1.19 bits per heavy atom. The maximum atomic E-state index is 13.8. The number of hydrogen-bond acceptors (Lipinski definition) is 6. The van der Waals surface area contributed by atoms with E-state index < -0.39 is 22.0 Å². The van der Waals surface area contributed by atoms with Crippen LogP contribution in [0.3, 0.4) is 0 Å². The quantitative estimate of drug-likeness (QED) is 0.195. The van der Waals surface area contributed by atoms with Gasteiger partial charge in [0.1, 0.15) is 0 Å². The van der Waals surface area contributed by atoms with Gasteiger partial charge < -0.3 is 14.9 Å². The van der Waals surface area contributed by atoms with Crippen molar-refractivity contribution >= 4 is 15.8 Å². The van der Waals surface area contributed by atoms with Crippen LogP contribution in [0.2, 0.25) is 0 Å². The molecule has 2 aliphatic carbocycles. The molecule has 0 spiro atoms. The van der Waals surface area contributed by atoms with Crippen molar-refractivity contribution < 1.29 is 28.2 Å². The topological polar surface area (TPSA) is 101 Å². The highest BCUT2D eigenvalue weighted by atomic mass is 32.2. The zero-order chi connectivity index (χ0) is 27.2. The molecular weight excluding hydrogens is 488 g/mol. The summed E-state index contributed by atoms with van der Waals surface area (Å²) in [5.74, 6) is -0.754. The van der Waals surface area contributed by atoms with Crippen molar-refractivity contribution in [3.8, 4) is 0 Å². The smallest absolute Gasteiger partial charge is 0.305 e. The minimum absolute atomic E-state index is 0.0266. The van der Waals surface area contributed by atoms with Gasteiger partial charge in [-0.15, -0.1) is 0 Å². The lowest BCUT2D eigenvalue weighted by Gasteiger charge is -2.29. The van der Waals surface area contributed by atoms with Crippen molar-refractivity contribution in [3.63, 3.8) is 0 Å². The van der Waals surface area contributed by atoms with E-state index in [0.29, 0.717) is 43.4 Å². The minimum Gasteiger partial charge on any atom is -0.469 e. The first-order valence-corrected chi connectivity index (χ1v) is 15.1. The standard InChI is InChI=1S/C30H44O6S/c1-5-6-18-30(2,3)27(32)17-16-23-24-19-21(12-10-11-15-28(33)36-4)29(25(24)20-26(23)31)37(34,35)22-13-8-7-9-14-22/h7-9,13-14,16-17,23-27,31-32H,5-6,10-12,15,18-20H2,1-4H3/b17-16+/t23-,24-,25-,26+,27-/m0/s1. The normalized spacial score (nSPS) is 25.0. The Morgan fingerprint density at radius 3 is 2.54 bits per heavy atom. The van der Waals surface area contributed by atoms with E-state index in [4.69, 9.17) is 4.74 Å². The lowest BCUT2D eigenvalue weighted by molar-refractivity contribution is -0.140. The van der Waals surface area contributed by atoms with E-state index in [9.17, 15) is 23.4 Å². The van der Waals surface area contributed by atoms with Crippen LogP contribution in [0.15, 0.2) is 57.9 Å². The molecule has 0 saturated heterocycles. The average molecular weight is 533 g/mol. The van der Waals surface area contributed by atoms with Crippen LogP contribution in [0.25, 0.3) is 0 Å². The number of aliphatic hydroxyl groups is 2. The molecule has 0 amide bonds. The summed E-state index contributed by atoms with van der Waals surface area (Å²) in [5, 5.41) is 21.9. The summed E-state index contributed by atoms with van der Waals surface area (Å²) in [5.41, 5.74) is 0.647. The van der Waals surface area contributed by atoms with Gasteiger partial charge in [-0.3, -0.25) is 4.79 Å². The molecule has 1 aromatic rings. The van der Waals surface area contributed by atoms with E-state index in [1.165, 1.54) is 7.11 Å². The Hall–Kier alpha value is -1.96. The van der Waals surface area contributed by atoms with Gasteiger partial charge in [0.25, 0.3) is 0 Å². The summed E-state index contributed by atoms with van der Waals surface area (Å²) in [6.45, 7) is 6.24. The van der Waals surface area contributed by atoms with E-state index in [1.807, 2.05) is 12.2 Å². The van der Waals surface area contributed by atoms with Crippen LogP contribution in [0.1, 0.15) is 78.6 Å². The van der Waals surface area contributed by atoms with E-state index in [2.05, 4.69) is 20.8 Å². The number of rotatable bonds is 13. The number of ether oxygens (including phenoxy) is 1. The van der Waals surface area contributed by atoms with E-state index in [-0.39, 0.29) is 34.0 Å². The predicted molar refractivity (Wildman–Crippen MR) is 145 cm³/mol. The number of carbonyl (C=O) groups excluding carboxylic acids is 1. The van der Waals surface area contributed by atoms with Gasteiger partial charge >= 0.3 is 5.97 Å². The SMILES string of the molecule is CCCCC(C)(C)[C@@H](O)/C=C/[C@H]1[C@@H]2CC(CCCCC(=O)OC)=C(S(=O)(=O)c3ccccc3)[C@H]2C[C@H]1O. The summed E-state index contributed by atoms with van der Waals surface area (Å²) in [6, 6.07) is 8.51. The number of fused-ring (bicyclic) bond motifs is 1. The highest BCUT2D eigenvalue weighted by Crippen LogP contribution is 2.54. The van der Waals surface area contributed by atoms with Crippen molar-refractivity contribution in [2.45, 2.75) is 95.7 Å². The fourth-order valence-electron chi connectivity index (χ4n) is 5.97. The van der Waals surface area contributed by atoms with Gasteiger partial charge in [0.05, 0.1) is 29.1 Å². The van der Waals surface area contributed by atoms with Crippen LogP contribution in [0.5, 0.6) is 0 Å². The third kappa shape index (κ3) is 6.92. The molecule has 2 N–H and O–H groups in total. The molecule has 37 heavy (non-hydrogen) atoms. The Bertz CT molecular complexity index is 1070. The molecule has 5 atom stereocenters. The molecule has 3 rings (SSSR count). The number of unbranched alkanes of at least 4 members (excludes halogenated alkanes) is 2. The number of sulfone groups is 1. The predicted octanol–water partition coefficient (Wildman–Crippen LogP) is 5.60. The van der Waals surface area contributed by atoms with E-state index >= 15 is 0 Å². The number of methoxy groups -OCH3 is 1. The molecule has 1 aromatic carbocycles. The second-order valence-corrected chi connectivity index (χ2v) is 13.3. The molecule has 0 radical (unpaired) electrons. The average Bonchev–Trinajstić information content (AvgIpc) is 3.38. The van der Waals surface area contributed by atoms with Gasteiger partial charge in [-0.1, -0.05) is 69.5 Å². The van der Waals surface area contributed by atoms with Crippen LogP contribution in [-0.4, -0.2) is 43.9 Å². The molecule has 0 bridgehead atoms. The van der Waals surface area contributed by atoms with Crippen molar-refractivity contribution in [2.24, 2.45) is 23.2 Å². The molecule has 7 heteroatoms. The third-order valence-electron chi connectivity index (χ3n) is 8.29. The molecule has 0 unspecified atom stereocenters. The summed E-state index contributed by atoms with van der Waals surface area (Å²) in [6.07, 6.45) is 8.71. The summed E-state index contributed by atoms with van der Waals surface area (Å²) in [4.78, 5) is 12.3. The molecule has 6 nitrogen and oxygen atoms in total. The molecule has 0 aliphatic heterocycles. The fraction of sp³-hybridized carbons (Fsp3) is 0.633. The van der Waals surface area contributed by atoms with Gasteiger partial charge in [-0.05, 0) is 62.0 Å². The largest absolute Gasteiger partial charge is 0.469 e. The van der Waals surface area contributed by atoms with Crippen LogP contribution >= 0.6 is 0 Å². The second kappa shape index (κ2) is 12.7. The van der Waals surface area contributed by atoms with E-state index in [1.54, 1.807) is 30.3 Å². The molecule has 2 aliphatic rings.